The number of piperidine rings is 1. The van der Waals surface area contributed by atoms with Crippen molar-refractivity contribution < 1.29 is 17.9 Å². The van der Waals surface area contributed by atoms with Gasteiger partial charge >= 0.3 is 0 Å². The van der Waals surface area contributed by atoms with Gasteiger partial charge in [-0.25, -0.2) is 8.42 Å². The summed E-state index contributed by atoms with van der Waals surface area (Å²) in [7, 11) is -2.13. The molecule has 0 bridgehead atoms. The van der Waals surface area contributed by atoms with Gasteiger partial charge in [0.25, 0.3) is 0 Å². The normalized spacial score (nSPS) is 18.6. The number of ether oxygens (including phenoxy) is 1. The lowest BCUT2D eigenvalue weighted by Gasteiger charge is -2.32. The topological polar surface area (TPSA) is 75.7 Å². The largest absolute Gasteiger partial charge is 0.496 e. The number of hydrogen-bond acceptors (Lipinski definition) is 4. The van der Waals surface area contributed by atoms with E-state index < -0.39 is 10.0 Å². The molecule has 1 saturated heterocycles. The van der Waals surface area contributed by atoms with Crippen LogP contribution in [0.3, 0.4) is 0 Å². The van der Waals surface area contributed by atoms with Crippen molar-refractivity contribution in [2.24, 2.45) is 5.92 Å². The van der Waals surface area contributed by atoms with Gasteiger partial charge in [0.1, 0.15) is 5.75 Å². The molecule has 0 aliphatic carbocycles. The Morgan fingerprint density at radius 2 is 1.93 bits per heavy atom. The quantitative estimate of drug-likeness (QED) is 0.723. The summed E-state index contributed by atoms with van der Waals surface area (Å²) in [6, 6.07) is 11.9. The Kier molecular flexibility index (Phi) is 7.06. The zero-order valence-electron chi connectivity index (χ0n) is 17.4. The number of aryl methyl sites for hydroxylation is 1. The summed E-state index contributed by atoms with van der Waals surface area (Å²) < 4.78 is 32.9. The summed E-state index contributed by atoms with van der Waals surface area (Å²) in [5.74, 6) is 0.118. The van der Waals surface area contributed by atoms with Gasteiger partial charge in [-0.3, -0.25) is 4.79 Å². The van der Waals surface area contributed by atoms with Gasteiger partial charge in [0.15, 0.2) is 0 Å². The van der Waals surface area contributed by atoms with E-state index in [0.717, 1.165) is 11.1 Å². The third-order valence-corrected chi connectivity index (χ3v) is 7.60. The first kappa shape index (κ1) is 22.6. The Balaban J connectivity index is 1.70. The van der Waals surface area contributed by atoms with Crippen molar-refractivity contribution in [3.05, 3.63) is 58.6 Å². The molecule has 2 aromatic rings. The molecule has 8 heteroatoms. The molecule has 0 spiro atoms. The predicted molar refractivity (Wildman–Crippen MR) is 117 cm³/mol. The molecule has 1 aliphatic heterocycles. The molecule has 2 unspecified atom stereocenters. The molecule has 0 aromatic heterocycles. The molecule has 2 aromatic carbocycles. The highest BCUT2D eigenvalue weighted by atomic mass is 35.5. The van der Waals surface area contributed by atoms with Crippen molar-refractivity contribution in [3.63, 3.8) is 0 Å². The molecule has 0 saturated carbocycles. The number of carbonyl (C=O) groups is 1. The van der Waals surface area contributed by atoms with E-state index in [1.807, 2.05) is 26.0 Å². The van der Waals surface area contributed by atoms with E-state index in [2.05, 4.69) is 5.32 Å². The van der Waals surface area contributed by atoms with Gasteiger partial charge in [0, 0.05) is 18.1 Å². The highest BCUT2D eigenvalue weighted by Crippen LogP contribution is 2.28. The average Bonchev–Trinajstić information content (AvgIpc) is 2.74. The minimum absolute atomic E-state index is 0.136. The lowest BCUT2D eigenvalue weighted by Crippen LogP contribution is -2.45. The molecular formula is C22H27ClN2O4S. The van der Waals surface area contributed by atoms with Gasteiger partial charge in [-0.15, -0.1) is 0 Å². The Labute approximate surface area is 183 Å². The zero-order chi connectivity index (χ0) is 21.9. The van der Waals surface area contributed by atoms with Crippen LogP contribution >= 0.6 is 11.6 Å². The maximum atomic E-state index is 13.1. The number of halogens is 1. The molecule has 30 heavy (non-hydrogen) atoms. The third kappa shape index (κ3) is 4.96. The van der Waals surface area contributed by atoms with Crippen LogP contribution in [-0.4, -0.2) is 38.8 Å². The number of sulfonamides is 1. The molecular weight excluding hydrogens is 424 g/mol. The number of amides is 1. The summed E-state index contributed by atoms with van der Waals surface area (Å²) in [5, 5.41) is 3.64. The summed E-state index contributed by atoms with van der Waals surface area (Å²) in [5.41, 5.74) is 1.70. The Hall–Kier alpha value is -2.09. The number of benzene rings is 2. The van der Waals surface area contributed by atoms with Gasteiger partial charge in [-0.05, 0) is 68.1 Å². The van der Waals surface area contributed by atoms with Crippen molar-refractivity contribution in [1.29, 1.82) is 0 Å². The van der Waals surface area contributed by atoms with Gasteiger partial charge in [-0.2, -0.15) is 4.31 Å². The summed E-state index contributed by atoms with van der Waals surface area (Å²) in [6.07, 6.45) is 1.30. The first-order valence-electron chi connectivity index (χ1n) is 9.93. The Morgan fingerprint density at radius 3 is 2.57 bits per heavy atom. The summed E-state index contributed by atoms with van der Waals surface area (Å²) in [4.78, 5) is 13.0. The summed E-state index contributed by atoms with van der Waals surface area (Å²) >= 11 is 5.92. The monoisotopic (exact) mass is 450 g/mol. The second-order valence-corrected chi connectivity index (χ2v) is 9.99. The third-order valence-electron chi connectivity index (χ3n) is 5.49. The zero-order valence-corrected chi connectivity index (χ0v) is 19.0. The molecule has 0 radical (unpaired) electrons. The van der Waals surface area contributed by atoms with Crippen molar-refractivity contribution >= 4 is 27.5 Å². The van der Waals surface area contributed by atoms with Crippen LogP contribution in [0.5, 0.6) is 5.75 Å². The number of nitrogens with zero attached hydrogens (tertiary/aromatic N) is 1. The van der Waals surface area contributed by atoms with Crippen LogP contribution in [-0.2, 0) is 14.8 Å². The van der Waals surface area contributed by atoms with Crippen LogP contribution < -0.4 is 10.1 Å². The molecule has 1 amide bonds. The van der Waals surface area contributed by atoms with E-state index >= 15 is 0 Å². The predicted octanol–water partition coefficient (Wildman–Crippen LogP) is 3.94. The highest BCUT2D eigenvalue weighted by Gasteiger charge is 2.34. The standard InChI is InChI=1S/C22H27ClN2O4S/c1-15-13-20(10-11-21(15)29-3)30(27,28)25-12-4-5-18(14-25)22(26)24-16(2)17-6-8-19(23)9-7-17/h6-11,13,16,18H,4-5,12,14H2,1-3H3,(H,24,26). The van der Waals surface area contributed by atoms with Crippen LogP contribution in [0.15, 0.2) is 47.4 Å². The minimum Gasteiger partial charge on any atom is -0.496 e. The van der Waals surface area contributed by atoms with E-state index in [-0.39, 0.29) is 29.3 Å². The SMILES string of the molecule is COc1ccc(S(=O)(=O)N2CCCC(C(=O)NC(C)c3ccc(Cl)cc3)C2)cc1C. The summed E-state index contributed by atoms with van der Waals surface area (Å²) in [6.45, 7) is 4.29. The van der Waals surface area contributed by atoms with Crippen molar-refractivity contribution in [2.45, 2.75) is 37.6 Å². The van der Waals surface area contributed by atoms with Gasteiger partial charge in [-0.1, -0.05) is 23.7 Å². The average molecular weight is 451 g/mol. The maximum Gasteiger partial charge on any atom is 0.243 e. The fourth-order valence-corrected chi connectivity index (χ4v) is 5.44. The molecule has 1 heterocycles. The number of rotatable bonds is 6. The second-order valence-electron chi connectivity index (χ2n) is 7.62. The molecule has 3 rings (SSSR count). The molecule has 1 fully saturated rings. The number of carbonyl (C=O) groups excluding carboxylic acids is 1. The smallest absolute Gasteiger partial charge is 0.243 e. The van der Waals surface area contributed by atoms with Crippen molar-refractivity contribution in [3.8, 4) is 5.75 Å². The van der Waals surface area contributed by atoms with Gasteiger partial charge in [0.2, 0.25) is 15.9 Å². The van der Waals surface area contributed by atoms with Gasteiger partial charge < -0.3 is 10.1 Å². The first-order valence-corrected chi connectivity index (χ1v) is 11.7. The van der Waals surface area contributed by atoms with Crippen LogP contribution in [0.25, 0.3) is 0 Å². The fourth-order valence-electron chi connectivity index (χ4n) is 3.70. The van der Waals surface area contributed by atoms with Crippen molar-refractivity contribution in [1.82, 2.24) is 9.62 Å². The lowest BCUT2D eigenvalue weighted by molar-refractivity contribution is -0.126. The molecule has 2 atom stereocenters. The first-order chi connectivity index (χ1) is 14.2. The van der Waals surface area contributed by atoms with E-state index in [0.29, 0.717) is 30.2 Å². The van der Waals surface area contributed by atoms with Crippen LogP contribution in [0, 0.1) is 12.8 Å². The Morgan fingerprint density at radius 1 is 1.23 bits per heavy atom. The number of methoxy groups -OCH3 is 1. The van der Waals surface area contributed by atoms with E-state index in [1.165, 1.54) is 4.31 Å². The highest BCUT2D eigenvalue weighted by molar-refractivity contribution is 7.89. The van der Waals surface area contributed by atoms with Gasteiger partial charge in [0.05, 0.1) is 24.0 Å². The van der Waals surface area contributed by atoms with E-state index in [9.17, 15) is 13.2 Å². The molecule has 6 nitrogen and oxygen atoms in total. The molecule has 1 N–H and O–H groups in total. The second kappa shape index (κ2) is 9.37. The lowest BCUT2D eigenvalue weighted by atomic mass is 9.98. The Bertz CT molecular complexity index is 1010. The molecule has 162 valence electrons. The number of nitrogens with one attached hydrogen (secondary N) is 1. The molecule has 1 aliphatic rings. The van der Waals surface area contributed by atoms with E-state index in [4.69, 9.17) is 16.3 Å². The van der Waals surface area contributed by atoms with Crippen LogP contribution in [0.1, 0.15) is 36.9 Å². The van der Waals surface area contributed by atoms with Crippen LogP contribution in [0.4, 0.5) is 0 Å². The number of hydrogen-bond donors (Lipinski definition) is 1. The van der Waals surface area contributed by atoms with Crippen molar-refractivity contribution in [2.75, 3.05) is 20.2 Å². The van der Waals surface area contributed by atoms with Crippen LogP contribution in [0.2, 0.25) is 5.02 Å². The minimum atomic E-state index is -3.68. The van der Waals surface area contributed by atoms with E-state index in [1.54, 1.807) is 37.4 Å². The fraction of sp³-hybridized carbons (Fsp3) is 0.409. The maximum absolute atomic E-state index is 13.1.